The first-order valence-corrected chi connectivity index (χ1v) is 11.3. The van der Waals surface area contributed by atoms with E-state index < -0.39 is 0 Å². The second-order valence-corrected chi connectivity index (χ2v) is 8.38. The van der Waals surface area contributed by atoms with Crippen LogP contribution in [-0.4, -0.2) is 66.1 Å². The molecule has 9 nitrogen and oxygen atoms in total. The first-order valence-electron chi connectivity index (χ1n) is 10.9. The van der Waals surface area contributed by atoms with Crippen LogP contribution in [0.4, 0.5) is 16.2 Å². The Bertz CT molecular complexity index is 1120. The highest BCUT2D eigenvalue weighted by Gasteiger charge is 2.16. The first-order chi connectivity index (χ1) is 16.5. The number of ether oxygens (including phenoxy) is 2. The third-order valence-electron chi connectivity index (χ3n) is 5.48. The number of halogens is 1. The molecule has 2 N–H and O–H groups in total. The Kier molecular flexibility index (Phi) is 7.79. The predicted octanol–water partition coefficient (Wildman–Crippen LogP) is 4.32. The smallest absolute Gasteiger partial charge is 0.323 e. The van der Waals surface area contributed by atoms with E-state index in [0.717, 1.165) is 44.0 Å². The van der Waals surface area contributed by atoms with E-state index in [-0.39, 0.29) is 6.03 Å². The number of nitrogens with one attached hydrogen (secondary N) is 2. The summed E-state index contributed by atoms with van der Waals surface area (Å²) >= 11 is 5.84. The SMILES string of the molecule is COc1cc(NC(=O)Nc2ccc(Oc3cc(Cl)ncn3)cc2)ccc1CN1CCN(C)CC1. The van der Waals surface area contributed by atoms with Gasteiger partial charge in [0, 0.05) is 61.8 Å². The second-order valence-electron chi connectivity index (χ2n) is 7.99. The van der Waals surface area contributed by atoms with Crippen LogP contribution >= 0.6 is 11.6 Å². The largest absolute Gasteiger partial charge is 0.496 e. The van der Waals surface area contributed by atoms with Crippen molar-refractivity contribution in [3.63, 3.8) is 0 Å². The quantitative estimate of drug-likeness (QED) is 0.484. The summed E-state index contributed by atoms with van der Waals surface area (Å²) in [5.41, 5.74) is 2.36. The molecule has 2 heterocycles. The second kappa shape index (κ2) is 11.1. The molecule has 3 aromatic rings. The van der Waals surface area contributed by atoms with Crippen molar-refractivity contribution in [3.05, 3.63) is 65.6 Å². The maximum atomic E-state index is 12.5. The standard InChI is InChI=1S/C24H27ClN6O3/c1-30-9-11-31(12-10-30)15-17-3-4-19(13-21(17)33-2)29-24(32)28-18-5-7-20(8-6-18)34-23-14-22(25)26-16-27-23/h3-8,13-14,16H,9-12,15H2,1-2H3,(H2,28,29,32). The molecular formula is C24H27ClN6O3. The highest BCUT2D eigenvalue weighted by atomic mass is 35.5. The van der Waals surface area contributed by atoms with Crippen molar-refractivity contribution in [2.75, 3.05) is 51.0 Å². The normalized spacial score (nSPS) is 14.4. The van der Waals surface area contributed by atoms with E-state index in [1.165, 1.54) is 12.4 Å². The summed E-state index contributed by atoms with van der Waals surface area (Å²) in [6.45, 7) is 4.99. The molecule has 0 saturated carbocycles. The van der Waals surface area contributed by atoms with Crippen LogP contribution in [0.1, 0.15) is 5.56 Å². The van der Waals surface area contributed by atoms with Gasteiger partial charge >= 0.3 is 6.03 Å². The molecule has 0 unspecified atom stereocenters. The Morgan fingerprint density at radius 3 is 2.41 bits per heavy atom. The number of benzene rings is 2. The minimum atomic E-state index is -0.356. The van der Waals surface area contributed by atoms with Gasteiger partial charge in [-0.25, -0.2) is 14.8 Å². The molecule has 1 aromatic heterocycles. The van der Waals surface area contributed by atoms with Crippen molar-refractivity contribution in [1.82, 2.24) is 19.8 Å². The molecule has 34 heavy (non-hydrogen) atoms. The van der Waals surface area contributed by atoms with E-state index >= 15 is 0 Å². The van der Waals surface area contributed by atoms with Crippen LogP contribution in [0.3, 0.4) is 0 Å². The summed E-state index contributed by atoms with van der Waals surface area (Å²) in [4.78, 5) is 25.0. The number of likely N-dealkylation sites (N-methyl/N-ethyl adjacent to an activating group) is 1. The third-order valence-corrected chi connectivity index (χ3v) is 5.68. The molecule has 1 saturated heterocycles. The van der Waals surface area contributed by atoms with Crippen molar-refractivity contribution in [2.24, 2.45) is 0 Å². The molecule has 4 rings (SSSR count). The summed E-state index contributed by atoms with van der Waals surface area (Å²) < 4.78 is 11.2. The highest BCUT2D eigenvalue weighted by molar-refractivity contribution is 6.29. The van der Waals surface area contributed by atoms with Crippen LogP contribution in [0, 0.1) is 0 Å². The summed E-state index contributed by atoms with van der Waals surface area (Å²) in [6, 6.07) is 13.8. The van der Waals surface area contributed by atoms with Crippen molar-refractivity contribution in [1.29, 1.82) is 0 Å². The Morgan fingerprint density at radius 1 is 1.00 bits per heavy atom. The number of aromatic nitrogens is 2. The van der Waals surface area contributed by atoms with Crippen LogP contribution in [0.25, 0.3) is 0 Å². The van der Waals surface area contributed by atoms with Crippen LogP contribution in [0.5, 0.6) is 17.4 Å². The van der Waals surface area contributed by atoms with Gasteiger partial charge in [-0.2, -0.15) is 0 Å². The van der Waals surface area contributed by atoms with E-state index in [9.17, 15) is 4.79 Å². The van der Waals surface area contributed by atoms with Gasteiger partial charge in [-0.1, -0.05) is 17.7 Å². The lowest BCUT2D eigenvalue weighted by molar-refractivity contribution is 0.147. The molecule has 2 amide bonds. The summed E-state index contributed by atoms with van der Waals surface area (Å²) in [5, 5.41) is 5.95. The molecule has 0 radical (unpaired) electrons. The predicted molar refractivity (Wildman–Crippen MR) is 132 cm³/mol. The number of carbonyl (C=O) groups is 1. The van der Waals surface area contributed by atoms with Crippen LogP contribution in [-0.2, 0) is 6.54 Å². The molecule has 0 bridgehead atoms. The maximum Gasteiger partial charge on any atom is 0.323 e. The lowest BCUT2D eigenvalue weighted by atomic mass is 10.1. The summed E-state index contributed by atoms with van der Waals surface area (Å²) in [6.07, 6.45) is 1.33. The van der Waals surface area contributed by atoms with Crippen molar-refractivity contribution < 1.29 is 14.3 Å². The van der Waals surface area contributed by atoms with Gasteiger partial charge in [0.25, 0.3) is 0 Å². The van der Waals surface area contributed by atoms with Gasteiger partial charge in [0.05, 0.1) is 7.11 Å². The number of carbonyl (C=O) groups excluding carboxylic acids is 1. The number of piperazine rings is 1. The molecule has 0 spiro atoms. The van der Waals surface area contributed by atoms with Gasteiger partial charge in [0.15, 0.2) is 0 Å². The Hall–Kier alpha value is -3.40. The van der Waals surface area contributed by atoms with Gasteiger partial charge in [-0.15, -0.1) is 0 Å². The third kappa shape index (κ3) is 6.57. The molecular weight excluding hydrogens is 456 g/mol. The van der Waals surface area contributed by atoms with E-state index in [0.29, 0.717) is 28.2 Å². The minimum absolute atomic E-state index is 0.295. The van der Waals surface area contributed by atoms with Gasteiger partial charge in [0.1, 0.15) is 23.0 Å². The van der Waals surface area contributed by atoms with Crippen LogP contribution in [0.15, 0.2) is 54.9 Å². The molecule has 10 heteroatoms. The van der Waals surface area contributed by atoms with Gasteiger partial charge in [-0.3, -0.25) is 4.90 Å². The van der Waals surface area contributed by atoms with Crippen LogP contribution in [0.2, 0.25) is 5.15 Å². The van der Waals surface area contributed by atoms with E-state index in [1.807, 2.05) is 18.2 Å². The molecule has 1 aliphatic rings. The number of hydrogen-bond acceptors (Lipinski definition) is 7. The lowest BCUT2D eigenvalue weighted by Gasteiger charge is -2.32. The Morgan fingerprint density at radius 2 is 1.71 bits per heavy atom. The molecule has 2 aromatic carbocycles. The fourth-order valence-corrected chi connectivity index (χ4v) is 3.73. The van der Waals surface area contributed by atoms with Crippen molar-refractivity contribution in [3.8, 4) is 17.4 Å². The van der Waals surface area contributed by atoms with Gasteiger partial charge in [-0.05, 0) is 37.4 Å². The topological polar surface area (TPSA) is 91.8 Å². The Balaban J connectivity index is 1.32. The van der Waals surface area contributed by atoms with Crippen molar-refractivity contribution in [2.45, 2.75) is 6.54 Å². The summed E-state index contributed by atoms with van der Waals surface area (Å²) in [5.74, 6) is 1.65. The molecule has 1 aliphatic heterocycles. The molecule has 1 fully saturated rings. The lowest BCUT2D eigenvalue weighted by Crippen LogP contribution is -2.43. The zero-order chi connectivity index (χ0) is 23.9. The van der Waals surface area contributed by atoms with E-state index in [4.69, 9.17) is 21.1 Å². The average molecular weight is 483 g/mol. The van der Waals surface area contributed by atoms with Gasteiger partial charge in [0.2, 0.25) is 5.88 Å². The zero-order valence-corrected chi connectivity index (χ0v) is 19.9. The fraction of sp³-hybridized carbons (Fsp3) is 0.292. The number of methoxy groups -OCH3 is 1. The monoisotopic (exact) mass is 482 g/mol. The van der Waals surface area contributed by atoms with Gasteiger partial charge < -0.3 is 25.0 Å². The Labute approximate surface area is 203 Å². The summed E-state index contributed by atoms with van der Waals surface area (Å²) in [7, 11) is 3.79. The van der Waals surface area contributed by atoms with E-state index in [2.05, 4.69) is 37.4 Å². The number of rotatable bonds is 7. The van der Waals surface area contributed by atoms with E-state index in [1.54, 1.807) is 31.4 Å². The zero-order valence-electron chi connectivity index (χ0n) is 19.1. The number of urea groups is 1. The van der Waals surface area contributed by atoms with Crippen LogP contribution < -0.4 is 20.1 Å². The maximum absolute atomic E-state index is 12.5. The number of nitrogens with zero attached hydrogens (tertiary/aromatic N) is 4. The number of hydrogen-bond donors (Lipinski definition) is 2. The molecule has 0 aliphatic carbocycles. The molecule has 0 atom stereocenters. The minimum Gasteiger partial charge on any atom is -0.496 e. The number of anilines is 2. The fourth-order valence-electron chi connectivity index (χ4n) is 3.59. The highest BCUT2D eigenvalue weighted by Crippen LogP contribution is 2.26. The molecule has 178 valence electrons. The van der Waals surface area contributed by atoms with Crippen molar-refractivity contribution >= 4 is 29.0 Å². The first kappa shape index (κ1) is 23.7. The number of amides is 2. The average Bonchev–Trinajstić information content (AvgIpc) is 2.83.